The highest BCUT2D eigenvalue weighted by Crippen LogP contribution is 2.22. The maximum Gasteiger partial charge on any atom is 0.141 e. The minimum atomic E-state index is -0.429. The summed E-state index contributed by atoms with van der Waals surface area (Å²) in [6.45, 7) is 0. The van der Waals surface area contributed by atoms with Crippen molar-refractivity contribution >= 4 is 11.6 Å². The number of halogens is 2. The molecule has 0 amide bonds. The summed E-state index contributed by atoms with van der Waals surface area (Å²) in [5.74, 6) is 0.379. The molecule has 19 heavy (non-hydrogen) atoms. The van der Waals surface area contributed by atoms with Crippen LogP contribution in [0, 0.1) is 5.82 Å². The summed E-state index contributed by atoms with van der Waals surface area (Å²) >= 11 is 5.75. The van der Waals surface area contributed by atoms with Gasteiger partial charge in [0.15, 0.2) is 0 Å². The lowest BCUT2D eigenvalue weighted by atomic mass is 9.99. The average Bonchev–Trinajstić information content (AvgIpc) is 2.42. The van der Waals surface area contributed by atoms with Gasteiger partial charge in [0.25, 0.3) is 0 Å². The van der Waals surface area contributed by atoms with E-state index in [1.807, 2.05) is 24.3 Å². The molecule has 2 rings (SSSR count). The average molecular weight is 280 g/mol. The number of benzene rings is 2. The van der Waals surface area contributed by atoms with E-state index in [1.54, 1.807) is 19.2 Å². The summed E-state index contributed by atoms with van der Waals surface area (Å²) in [5, 5.41) is 0.0997. The maximum atomic E-state index is 13.1. The lowest BCUT2D eigenvalue weighted by Crippen LogP contribution is -2.13. The van der Waals surface area contributed by atoms with Gasteiger partial charge in [0.1, 0.15) is 11.6 Å². The largest absolute Gasteiger partial charge is 0.497 e. The van der Waals surface area contributed by atoms with Gasteiger partial charge < -0.3 is 10.5 Å². The molecule has 0 aromatic heterocycles. The smallest absolute Gasteiger partial charge is 0.141 e. The Bertz CT molecular complexity index is 557. The standard InChI is InChI=1S/C15H15ClFNO/c1-19-12-5-2-10(3-6-12)8-15(18)11-4-7-14(17)13(16)9-11/h2-7,9,15H,8,18H2,1H3. The fourth-order valence-corrected chi connectivity index (χ4v) is 2.07. The summed E-state index contributed by atoms with van der Waals surface area (Å²) in [7, 11) is 1.63. The lowest BCUT2D eigenvalue weighted by Gasteiger charge is -2.13. The predicted octanol–water partition coefficient (Wildman–Crippen LogP) is 3.73. The first-order chi connectivity index (χ1) is 9.10. The van der Waals surface area contributed by atoms with Crippen molar-refractivity contribution in [3.8, 4) is 5.75 Å². The molecule has 0 saturated heterocycles. The molecule has 4 heteroatoms. The molecule has 0 bridgehead atoms. The van der Waals surface area contributed by atoms with E-state index in [2.05, 4.69) is 0 Å². The maximum absolute atomic E-state index is 13.1. The third-order valence-electron chi connectivity index (χ3n) is 2.99. The first-order valence-corrected chi connectivity index (χ1v) is 6.31. The van der Waals surface area contributed by atoms with Crippen LogP contribution in [0.3, 0.4) is 0 Å². The minimum absolute atomic E-state index is 0.0997. The first-order valence-electron chi connectivity index (χ1n) is 5.93. The van der Waals surface area contributed by atoms with Gasteiger partial charge in [0, 0.05) is 6.04 Å². The van der Waals surface area contributed by atoms with E-state index in [0.717, 1.165) is 16.9 Å². The van der Waals surface area contributed by atoms with Crippen LogP contribution in [0.4, 0.5) is 4.39 Å². The number of ether oxygens (including phenoxy) is 1. The Labute approximate surface area is 117 Å². The van der Waals surface area contributed by atoms with Crippen molar-refractivity contribution in [3.05, 3.63) is 64.4 Å². The van der Waals surface area contributed by atoms with E-state index in [0.29, 0.717) is 6.42 Å². The van der Waals surface area contributed by atoms with Crippen molar-refractivity contribution in [2.75, 3.05) is 7.11 Å². The Balaban J connectivity index is 2.10. The summed E-state index contributed by atoms with van der Waals surface area (Å²) in [4.78, 5) is 0. The van der Waals surface area contributed by atoms with Crippen LogP contribution < -0.4 is 10.5 Å². The van der Waals surface area contributed by atoms with E-state index in [4.69, 9.17) is 22.1 Å². The summed E-state index contributed by atoms with van der Waals surface area (Å²) < 4.78 is 18.2. The van der Waals surface area contributed by atoms with Crippen LogP contribution >= 0.6 is 11.6 Å². The van der Waals surface area contributed by atoms with Crippen molar-refractivity contribution in [3.63, 3.8) is 0 Å². The van der Waals surface area contributed by atoms with Crippen molar-refractivity contribution in [2.45, 2.75) is 12.5 Å². The molecule has 2 N–H and O–H groups in total. The van der Waals surface area contributed by atoms with Crippen LogP contribution in [0.15, 0.2) is 42.5 Å². The molecule has 0 heterocycles. The molecule has 2 aromatic carbocycles. The van der Waals surface area contributed by atoms with Crippen LogP contribution in [0.1, 0.15) is 17.2 Å². The fraction of sp³-hybridized carbons (Fsp3) is 0.200. The third kappa shape index (κ3) is 3.46. The van der Waals surface area contributed by atoms with Gasteiger partial charge in [0.2, 0.25) is 0 Å². The molecule has 0 aliphatic heterocycles. The lowest BCUT2D eigenvalue weighted by molar-refractivity contribution is 0.414. The van der Waals surface area contributed by atoms with Crippen LogP contribution in [-0.2, 0) is 6.42 Å². The molecule has 0 spiro atoms. The monoisotopic (exact) mass is 279 g/mol. The van der Waals surface area contributed by atoms with Crippen LogP contribution in [0.5, 0.6) is 5.75 Å². The Morgan fingerprint density at radius 1 is 1.21 bits per heavy atom. The zero-order valence-electron chi connectivity index (χ0n) is 10.6. The van der Waals surface area contributed by atoms with E-state index >= 15 is 0 Å². The highest BCUT2D eigenvalue weighted by molar-refractivity contribution is 6.30. The van der Waals surface area contributed by atoms with E-state index in [1.165, 1.54) is 6.07 Å². The quantitative estimate of drug-likeness (QED) is 0.925. The molecule has 0 fully saturated rings. The van der Waals surface area contributed by atoms with Gasteiger partial charge in [-0.1, -0.05) is 29.8 Å². The fourth-order valence-electron chi connectivity index (χ4n) is 1.88. The number of rotatable bonds is 4. The molecule has 1 unspecified atom stereocenters. The van der Waals surface area contributed by atoms with Gasteiger partial charge >= 0.3 is 0 Å². The van der Waals surface area contributed by atoms with Crippen LogP contribution in [0.25, 0.3) is 0 Å². The Kier molecular flexibility index (Phi) is 4.40. The van der Waals surface area contributed by atoms with Crippen molar-refractivity contribution in [2.24, 2.45) is 5.73 Å². The van der Waals surface area contributed by atoms with Gasteiger partial charge in [-0.15, -0.1) is 0 Å². The number of methoxy groups -OCH3 is 1. The minimum Gasteiger partial charge on any atom is -0.497 e. The number of nitrogens with two attached hydrogens (primary N) is 1. The van der Waals surface area contributed by atoms with E-state index in [-0.39, 0.29) is 11.1 Å². The normalized spacial score (nSPS) is 12.2. The van der Waals surface area contributed by atoms with Gasteiger partial charge in [-0.05, 0) is 41.8 Å². The first kappa shape index (κ1) is 13.8. The molecule has 100 valence electrons. The number of hydrogen-bond donors (Lipinski definition) is 1. The third-order valence-corrected chi connectivity index (χ3v) is 3.28. The highest BCUT2D eigenvalue weighted by Gasteiger charge is 2.09. The second kappa shape index (κ2) is 6.04. The summed E-state index contributed by atoms with van der Waals surface area (Å²) in [6, 6.07) is 12.1. The molecule has 0 saturated carbocycles. The Morgan fingerprint density at radius 3 is 2.47 bits per heavy atom. The Hall–Kier alpha value is -1.58. The SMILES string of the molecule is COc1ccc(CC(N)c2ccc(F)c(Cl)c2)cc1. The van der Waals surface area contributed by atoms with E-state index in [9.17, 15) is 4.39 Å². The summed E-state index contributed by atoms with van der Waals surface area (Å²) in [6.07, 6.45) is 0.659. The second-order valence-electron chi connectivity index (χ2n) is 4.33. The van der Waals surface area contributed by atoms with Gasteiger partial charge in [0.05, 0.1) is 12.1 Å². The molecule has 0 aliphatic carbocycles. The zero-order valence-corrected chi connectivity index (χ0v) is 11.3. The predicted molar refractivity (Wildman–Crippen MR) is 75.0 cm³/mol. The highest BCUT2D eigenvalue weighted by atomic mass is 35.5. The number of hydrogen-bond acceptors (Lipinski definition) is 2. The molecule has 1 atom stereocenters. The van der Waals surface area contributed by atoms with Gasteiger partial charge in [-0.2, -0.15) is 0 Å². The van der Waals surface area contributed by atoms with Crippen LogP contribution in [0.2, 0.25) is 5.02 Å². The molecule has 0 aliphatic rings. The molecule has 2 aromatic rings. The van der Waals surface area contributed by atoms with Gasteiger partial charge in [-0.25, -0.2) is 4.39 Å². The molecular weight excluding hydrogens is 265 g/mol. The molecule has 0 radical (unpaired) electrons. The zero-order chi connectivity index (χ0) is 13.8. The van der Waals surface area contributed by atoms with E-state index < -0.39 is 5.82 Å². The van der Waals surface area contributed by atoms with Crippen molar-refractivity contribution < 1.29 is 9.13 Å². The molecule has 2 nitrogen and oxygen atoms in total. The second-order valence-corrected chi connectivity index (χ2v) is 4.74. The van der Waals surface area contributed by atoms with Gasteiger partial charge in [-0.3, -0.25) is 0 Å². The topological polar surface area (TPSA) is 35.2 Å². The summed E-state index contributed by atoms with van der Waals surface area (Å²) in [5.41, 5.74) is 8.02. The Morgan fingerprint density at radius 2 is 1.89 bits per heavy atom. The van der Waals surface area contributed by atoms with Crippen molar-refractivity contribution in [1.29, 1.82) is 0 Å². The van der Waals surface area contributed by atoms with Crippen molar-refractivity contribution in [1.82, 2.24) is 0 Å². The van der Waals surface area contributed by atoms with Crippen LogP contribution in [-0.4, -0.2) is 7.11 Å². The molecular formula is C15H15ClFNO.